The van der Waals surface area contributed by atoms with Crippen LogP contribution in [0.1, 0.15) is 81.3 Å². The van der Waals surface area contributed by atoms with Crippen molar-refractivity contribution in [2.75, 3.05) is 0 Å². The van der Waals surface area contributed by atoms with Crippen molar-refractivity contribution in [2.24, 2.45) is 0 Å². The quantitative estimate of drug-likeness (QED) is 0.213. The fourth-order valence-corrected chi connectivity index (χ4v) is 6.34. The third kappa shape index (κ3) is 10.6. The van der Waals surface area contributed by atoms with Gasteiger partial charge < -0.3 is 24.8 Å². The molecule has 0 amide bonds. The van der Waals surface area contributed by atoms with Crippen LogP contribution in [0.2, 0.25) is 0 Å². The van der Waals surface area contributed by atoms with Crippen LogP contribution in [-0.4, -0.2) is 3.21 Å². The molecule has 0 nitrogen and oxygen atoms in total. The SMILES string of the molecule is Brc1cccc([C](=[Zr+2])c2cccc(Br)c2)c1.CC(C)(C)c1c[c-]c2c(c1)-c1cc(C(C)(C)C)ccc1C2.[C-]1=CC=CC1.[Cl-].[Cl-]. The van der Waals surface area contributed by atoms with Crippen LogP contribution in [0.15, 0.2) is 106 Å². The molecule has 2 aliphatic rings. The predicted molar refractivity (Wildman–Crippen MR) is 184 cm³/mol. The molecule has 2 aliphatic carbocycles. The number of hydrogen-bond acceptors (Lipinski definition) is 0. The van der Waals surface area contributed by atoms with Gasteiger partial charge in [0.05, 0.1) is 0 Å². The molecule has 228 valence electrons. The van der Waals surface area contributed by atoms with Crippen molar-refractivity contribution in [1.82, 2.24) is 0 Å². The Labute approximate surface area is 309 Å². The minimum Gasteiger partial charge on any atom is -1.00 e. The average Bonchev–Trinajstić information content (AvgIpc) is 3.63. The molecule has 0 spiro atoms. The molecule has 0 fully saturated rings. The molecule has 0 saturated heterocycles. The molecule has 0 aliphatic heterocycles. The molecule has 0 radical (unpaired) electrons. The first kappa shape index (κ1) is 38.8. The van der Waals surface area contributed by atoms with Gasteiger partial charge in [-0.15, -0.1) is 12.0 Å². The van der Waals surface area contributed by atoms with Gasteiger partial charge in [-0.05, 0) is 17.4 Å². The van der Waals surface area contributed by atoms with Crippen molar-refractivity contribution in [3.05, 3.63) is 152 Å². The number of fused-ring (bicyclic) bond motifs is 3. The van der Waals surface area contributed by atoms with Crippen LogP contribution in [0, 0.1) is 12.1 Å². The van der Waals surface area contributed by atoms with Gasteiger partial charge in [0.15, 0.2) is 0 Å². The zero-order valence-electron chi connectivity index (χ0n) is 26.2. The van der Waals surface area contributed by atoms with E-state index in [0.29, 0.717) is 0 Å². The number of rotatable bonds is 2. The fraction of sp³-hybridized carbons (Fsp3) is 0.256. The third-order valence-electron chi connectivity index (χ3n) is 7.34. The molecule has 0 bridgehead atoms. The maximum atomic E-state index is 3.53. The van der Waals surface area contributed by atoms with E-state index in [1.807, 2.05) is 24.3 Å². The van der Waals surface area contributed by atoms with E-state index in [4.69, 9.17) is 0 Å². The van der Waals surface area contributed by atoms with Gasteiger partial charge in [-0.25, -0.2) is 12.2 Å². The molecule has 0 atom stereocenters. The van der Waals surface area contributed by atoms with Crippen molar-refractivity contribution in [3.8, 4) is 11.1 Å². The number of hydrogen-bond donors (Lipinski definition) is 0. The Balaban J connectivity index is 0.000000260. The van der Waals surface area contributed by atoms with Gasteiger partial charge in [0.1, 0.15) is 0 Å². The summed E-state index contributed by atoms with van der Waals surface area (Å²) >= 11 is 8.43. The van der Waals surface area contributed by atoms with E-state index < -0.39 is 0 Å². The summed E-state index contributed by atoms with van der Waals surface area (Å²) in [5, 5.41) is 0. The maximum Gasteiger partial charge on any atom is -0.0132 e. The molecular formula is C39H38Br2Cl2Zr-2. The van der Waals surface area contributed by atoms with E-state index in [2.05, 4.69) is 158 Å². The number of benzene rings is 4. The zero-order valence-corrected chi connectivity index (χ0v) is 33.3. The van der Waals surface area contributed by atoms with Crippen LogP contribution in [0.4, 0.5) is 0 Å². The summed E-state index contributed by atoms with van der Waals surface area (Å²) in [5.74, 6) is 0. The fourth-order valence-electron chi connectivity index (χ4n) is 4.78. The molecule has 44 heavy (non-hydrogen) atoms. The minimum atomic E-state index is 0. The second kappa shape index (κ2) is 17.0. The molecule has 4 aromatic rings. The first-order valence-electron chi connectivity index (χ1n) is 14.3. The molecule has 0 unspecified atom stereocenters. The maximum absolute atomic E-state index is 3.53. The molecule has 0 heterocycles. The van der Waals surface area contributed by atoms with Gasteiger partial charge >= 0.3 is 128 Å². The molecule has 5 heteroatoms. The summed E-state index contributed by atoms with van der Waals surface area (Å²) in [5.41, 5.74) is 11.3. The topological polar surface area (TPSA) is 0 Å². The number of halogens is 4. The van der Waals surface area contributed by atoms with Gasteiger partial charge in [-0.3, -0.25) is 6.08 Å². The van der Waals surface area contributed by atoms with Crippen LogP contribution >= 0.6 is 31.9 Å². The van der Waals surface area contributed by atoms with Crippen LogP contribution < -0.4 is 24.8 Å². The van der Waals surface area contributed by atoms with Crippen molar-refractivity contribution in [2.45, 2.75) is 65.2 Å². The predicted octanol–water partition coefficient (Wildman–Crippen LogP) is 5.29. The number of allylic oxidation sites excluding steroid dienone is 4. The minimum absolute atomic E-state index is 0. The second-order valence-electron chi connectivity index (χ2n) is 12.7. The molecule has 6 rings (SSSR count). The summed E-state index contributed by atoms with van der Waals surface area (Å²) in [6, 6.07) is 31.9. The van der Waals surface area contributed by atoms with E-state index in [1.165, 1.54) is 71.9 Å². The Hall–Kier alpha value is -1.35. The zero-order chi connectivity index (χ0) is 30.5. The summed E-state index contributed by atoms with van der Waals surface area (Å²) in [6.45, 7) is 13.6. The van der Waals surface area contributed by atoms with E-state index in [9.17, 15) is 0 Å². The average molecular weight is 829 g/mol. The van der Waals surface area contributed by atoms with E-state index in [1.54, 1.807) is 0 Å². The Morgan fingerprint density at radius 1 is 0.727 bits per heavy atom. The summed E-state index contributed by atoms with van der Waals surface area (Å²) in [7, 11) is 0. The van der Waals surface area contributed by atoms with Crippen LogP contribution in [0.25, 0.3) is 11.1 Å². The first-order chi connectivity index (χ1) is 19.8. The van der Waals surface area contributed by atoms with Gasteiger partial charge in [0.2, 0.25) is 0 Å². The Morgan fingerprint density at radius 2 is 1.30 bits per heavy atom. The van der Waals surface area contributed by atoms with E-state index in [-0.39, 0.29) is 35.6 Å². The van der Waals surface area contributed by atoms with E-state index >= 15 is 0 Å². The molecular weight excluding hydrogens is 790 g/mol. The molecule has 0 N–H and O–H groups in total. The van der Waals surface area contributed by atoms with E-state index in [0.717, 1.165) is 21.8 Å². The van der Waals surface area contributed by atoms with Crippen molar-refractivity contribution >= 4 is 35.1 Å². The summed E-state index contributed by atoms with van der Waals surface area (Å²) in [4.78, 5) is 0. The monoisotopic (exact) mass is 824 g/mol. The van der Waals surface area contributed by atoms with Crippen LogP contribution in [-0.2, 0) is 41.5 Å². The largest absolute Gasteiger partial charge is 1.00 e. The summed E-state index contributed by atoms with van der Waals surface area (Å²) < 4.78 is 3.62. The van der Waals surface area contributed by atoms with Gasteiger partial charge in [0.25, 0.3) is 0 Å². The van der Waals surface area contributed by atoms with Gasteiger partial charge in [0, 0.05) is 0 Å². The summed E-state index contributed by atoms with van der Waals surface area (Å²) in [6.07, 6.45) is 11.0. The Morgan fingerprint density at radius 3 is 1.75 bits per heavy atom. The molecule has 4 aromatic carbocycles. The van der Waals surface area contributed by atoms with Crippen LogP contribution in [0.5, 0.6) is 0 Å². The Bertz CT molecular complexity index is 1520. The van der Waals surface area contributed by atoms with Crippen molar-refractivity contribution in [1.29, 1.82) is 0 Å². The molecule has 0 saturated carbocycles. The second-order valence-corrected chi connectivity index (χ2v) is 15.8. The van der Waals surface area contributed by atoms with Crippen molar-refractivity contribution < 1.29 is 49.0 Å². The van der Waals surface area contributed by atoms with Gasteiger partial charge in [-0.1, -0.05) is 76.3 Å². The Kier molecular flexibility index (Phi) is 15.0. The van der Waals surface area contributed by atoms with Gasteiger partial charge in [-0.2, -0.15) is 35.4 Å². The molecule has 0 aromatic heterocycles. The normalized spacial score (nSPS) is 12.4. The van der Waals surface area contributed by atoms with Crippen LogP contribution in [0.3, 0.4) is 0 Å². The standard InChI is InChI=1S/C21H25.C13H8Br2.C5H5.2ClH.Zr/c1-20(2,3)16-9-7-14-11-15-8-10-17(21(4,5)6)13-19(15)18(14)12-16;14-12-5-1-3-10(8-12)7-11-4-2-6-13(15)9-11;1-2-4-5-3-1;;;/h7,9-10,12-13H,11H2,1-6H3;1-6,8-9H;1-3H,4H2;2*1H;/q-1;;-1;;;+2/p-2. The van der Waals surface area contributed by atoms with Crippen molar-refractivity contribution in [3.63, 3.8) is 0 Å². The third-order valence-corrected chi connectivity index (χ3v) is 9.74. The first-order valence-corrected chi connectivity index (χ1v) is 17.2. The smallest absolute Gasteiger partial charge is 0.0132 e.